The van der Waals surface area contributed by atoms with E-state index in [-0.39, 0.29) is 0 Å². The lowest BCUT2D eigenvalue weighted by Crippen LogP contribution is -2.09. The largest absolute Gasteiger partial charge is 0.497 e. The number of hydrogen-bond acceptors (Lipinski definition) is 4. The molecule has 1 heterocycles. The van der Waals surface area contributed by atoms with Gasteiger partial charge in [0.2, 0.25) is 0 Å². The molecule has 4 nitrogen and oxygen atoms in total. The van der Waals surface area contributed by atoms with Crippen molar-refractivity contribution in [2.24, 2.45) is 11.8 Å². The Morgan fingerprint density at radius 2 is 0.933 bits per heavy atom. The predicted molar refractivity (Wildman–Crippen MR) is 123 cm³/mol. The second-order valence-corrected chi connectivity index (χ2v) is 8.47. The Hall–Kier alpha value is -2.88. The van der Waals surface area contributed by atoms with Crippen molar-refractivity contribution in [3.05, 3.63) is 59.9 Å². The van der Waals surface area contributed by atoms with Crippen molar-refractivity contribution in [1.82, 2.24) is 9.97 Å². The van der Waals surface area contributed by atoms with E-state index in [0.29, 0.717) is 11.8 Å². The zero-order valence-electron chi connectivity index (χ0n) is 18.9. The molecule has 0 bridgehead atoms. The molecule has 3 rings (SSSR count). The quantitative estimate of drug-likeness (QED) is 0.447. The van der Waals surface area contributed by atoms with Crippen LogP contribution >= 0.6 is 0 Å². The molecule has 0 spiro atoms. The van der Waals surface area contributed by atoms with Crippen molar-refractivity contribution in [3.8, 4) is 34.0 Å². The maximum Gasteiger partial charge on any atom is 0.118 e. The summed E-state index contributed by atoms with van der Waals surface area (Å²) in [5.74, 6) is 2.65. The fraction of sp³-hybridized carbons (Fsp3) is 0.385. The summed E-state index contributed by atoms with van der Waals surface area (Å²) in [7, 11) is 3.37. The molecule has 0 radical (unpaired) electrons. The second kappa shape index (κ2) is 9.75. The van der Waals surface area contributed by atoms with Crippen molar-refractivity contribution >= 4 is 0 Å². The molecule has 158 valence electrons. The van der Waals surface area contributed by atoms with Gasteiger partial charge in [0.05, 0.1) is 37.0 Å². The van der Waals surface area contributed by atoms with Crippen LogP contribution in [0.15, 0.2) is 48.5 Å². The monoisotopic (exact) mass is 404 g/mol. The predicted octanol–water partition coefficient (Wildman–Crippen LogP) is 6.22. The van der Waals surface area contributed by atoms with Gasteiger partial charge >= 0.3 is 0 Å². The van der Waals surface area contributed by atoms with E-state index < -0.39 is 0 Å². The van der Waals surface area contributed by atoms with E-state index in [1.807, 2.05) is 24.3 Å². The number of hydrogen-bond donors (Lipinski definition) is 0. The summed E-state index contributed by atoms with van der Waals surface area (Å²) in [6, 6.07) is 16.2. The summed E-state index contributed by atoms with van der Waals surface area (Å²) in [5.41, 5.74) is 6.16. The van der Waals surface area contributed by atoms with Crippen molar-refractivity contribution in [3.63, 3.8) is 0 Å². The standard InChI is InChI=1S/C26H32N2O2/c1-17(2)15-23-25(19-7-11-21(29-5)12-8-19)28-24(16-18(3)4)26(27-23)20-9-13-22(30-6)14-10-20/h7-14,17-18H,15-16H2,1-6H3. The molecule has 0 fully saturated rings. The highest BCUT2D eigenvalue weighted by Gasteiger charge is 2.18. The van der Waals surface area contributed by atoms with Crippen LogP contribution in [0.2, 0.25) is 0 Å². The number of benzene rings is 2. The van der Waals surface area contributed by atoms with Gasteiger partial charge in [-0.05, 0) is 73.2 Å². The fourth-order valence-electron chi connectivity index (χ4n) is 3.52. The third kappa shape index (κ3) is 5.18. The average Bonchev–Trinajstić information content (AvgIpc) is 2.74. The molecule has 0 aliphatic heterocycles. The first-order valence-electron chi connectivity index (χ1n) is 10.6. The first kappa shape index (κ1) is 21.8. The van der Waals surface area contributed by atoms with Crippen molar-refractivity contribution < 1.29 is 9.47 Å². The summed E-state index contributed by atoms with van der Waals surface area (Å²) < 4.78 is 10.7. The number of rotatable bonds is 8. The SMILES string of the molecule is COc1ccc(-c2nc(CC(C)C)c(-c3ccc(OC)cc3)nc2CC(C)C)cc1. The molecule has 4 heteroatoms. The molecule has 0 saturated carbocycles. The number of methoxy groups -OCH3 is 2. The molecule has 0 aliphatic carbocycles. The van der Waals surface area contributed by atoms with Crippen LogP contribution in [0.3, 0.4) is 0 Å². The molecule has 0 N–H and O–H groups in total. The average molecular weight is 405 g/mol. The van der Waals surface area contributed by atoms with Crippen LogP contribution in [0.25, 0.3) is 22.5 Å². The third-order valence-corrected chi connectivity index (χ3v) is 4.97. The van der Waals surface area contributed by atoms with Crippen LogP contribution in [-0.4, -0.2) is 24.2 Å². The van der Waals surface area contributed by atoms with Gasteiger partial charge in [-0.1, -0.05) is 27.7 Å². The number of aromatic nitrogens is 2. The topological polar surface area (TPSA) is 44.2 Å². The highest BCUT2D eigenvalue weighted by Crippen LogP contribution is 2.31. The Morgan fingerprint density at radius 3 is 1.20 bits per heavy atom. The van der Waals surface area contributed by atoms with Gasteiger partial charge < -0.3 is 9.47 Å². The van der Waals surface area contributed by atoms with Gasteiger partial charge in [0.1, 0.15) is 11.5 Å². The Morgan fingerprint density at radius 1 is 0.600 bits per heavy atom. The highest BCUT2D eigenvalue weighted by atomic mass is 16.5. The maximum absolute atomic E-state index is 5.33. The molecule has 0 amide bonds. The Labute approximate surface area is 180 Å². The molecule has 0 saturated heterocycles. The highest BCUT2D eigenvalue weighted by molar-refractivity contribution is 5.69. The van der Waals surface area contributed by atoms with Gasteiger partial charge in [0, 0.05) is 11.1 Å². The lowest BCUT2D eigenvalue weighted by Gasteiger charge is -2.17. The maximum atomic E-state index is 5.33. The first-order valence-corrected chi connectivity index (χ1v) is 10.6. The number of nitrogens with zero attached hydrogens (tertiary/aromatic N) is 2. The third-order valence-electron chi connectivity index (χ3n) is 4.97. The van der Waals surface area contributed by atoms with Gasteiger partial charge in [-0.2, -0.15) is 0 Å². The normalized spacial score (nSPS) is 11.2. The van der Waals surface area contributed by atoms with E-state index in [2.05, 4.69) is 52.0 Å². The summed E-state index contributed by atoms with van der Waals surface area (Å²) in [4.78, 5) is 10.4. The zero-order chi connectivity index (χ0) is 21.7. The summed E-state index contributed by atoms with van der Waals surface area (Å²) >= 11 is 0. The molecule has 1 aromatic heterocycles. The molecule has 0 unspecified atom stereocenters. The lowest BCUT2D eigenvalue weighted by atomic mass is 9.98. The molecular weight excluding hydrogens is 372 g/mol. The van der Waals surface area contributed by atoms with Crippen LogP contribution < -0.4 is 9.47 Å². The second-order valence-electron chi connectivity index (χ2n) is 8.47. The van der Waals surface area contributed by atoms with Crippen molar-refractivity contribution in [1.29, 1.82) is 0 Å². The summed E-state index contributed by atoms with van der Waals surface area (Å²) in [6.07, 6.45) is 1.75. The molecule has 0 aliphatic rings. The lowest BCUT2D eigenvalue weighted by molar-refractivity contribution is 0.414. The van der Waals surface area contributed by atoms with Gasteiger partial charge in [0.15, 0.2) is 0 Å². The van der Waals surface area contributed by atoms with Crippen LogP contribution in [0.1, 0.15) is 39.1 Å². The van der Waals surface area contributed by atoms with E-state index in [1.54, 1.807) is 14.2 Å². The van der Waals surface area contributed by atoms with E-state index in [1.165, 1.54) is 0 Å². The van der Waals surface area contributed by atoms with E-state index in [4.69, 9.17) is 19.4 Å². The van der Waals surface area contributed by atoms with Crippen molar-refractivity contribution in [2.45, 2.75) is 40.5 Å². The van der Waals surface area contributed by atoms with Gasteiger partial charge in [0.25, 0.3) is 0 Å². The first-order chi connectivity index (χ1) is 14.4. The molecular formula is C26H32N2O2. The van der Waals surface area contributed by atoms with Gasteiger partial charge in [-0.15, -0.1) is 0 Å². The Bertz CT molecular complexity index is 880. The van der Waals surface area contributed by atoms with Crippen LogP contribution in [0.4, 0.5) is 0 Å². The molecule has 3 aromatic rings. The van der Waals surface area contributed by atoms with Crippen molar-refractivity contribution in [2.75, 3.05) is 14.2 Å². The van der Waals surface area contributed by atoms with E-state index in [0.717, 1.165) is 58.2 Å². The minimum absolute atomic E-state index is 0.482. The minimum Gasteiger partial charge on any atom is -0.497 e. The summed E-state index contributed by atoms with van der Waals surface area (Å²) in [5, 5.41) is 0. The smallest absolute Gasteiger partial charge is 0.118 e. The number of ether oxygens (including phenoxy) is 2. The summed E-state index contributed by atoms with van der Waals surface area (Å²) in [6.45, 7) is 8.87. The minimum atomic E-state index is 0.482. The van der Waals surface area contributed by atoms with Gasteiger partial charge in [-0.25, -0.2) is 9.97 Å². The zero-order valence-corrected chi connectivity index (χ0v) is 18.9. The fourth-order valence-corrected chi connectivity index (χ4v) is 3.52. The van der Waals surface area contributed by atoms with Crippen LogP contribution in [0, 0.1) is 11.8 Å². The Kier molecular flexibility index (Phi) is 7.09. The molecule has 30 heavy (non-hydrogen) atoms. The molecule has 2 aromatic carbocycles. The van der Waals surface area contributed by atoms with Crippen LogP contribution in [0.5, 0.6) is 11.5 Å². The Balaban J connectivity index is 2.17. The van der Waals surface area contributed by atoms with E-state index >= 15 is 0 Å². The molecule has 0 atom stereocenters. The van der Waals surface area contributed by atoms with Crippen LogP contribution in [-0.2, 0) is 12.8 Å². The van der Waals surface area contributed by atoms with E-state index in [9.17, 15) is 0 Å². The van der Waals surface area contributed by atoms with Gasteiger partial charge in [-0.3, -0.25) is 0 Å².